The molecule has 0 radical (unpaired) electrons. The van der Waals surface area contributed by atoms with E-state index >= 15 is 0 Å². The number of nitrogens with zero attached hydrogens (tertiary/aromatic N) is 6. The second-order valence-corrected chi connectivity index (χ2v) is 9.92. The Balaban J connectivity index is 1.38. The molecule has 7 rings (SSSR count). The molecule has 7 aromatic rings. The molecule has 0 aliphatic rings. The quantitative estimate of drug-likeness (QED) is 0.212. The van der Waals surface area contributed by atoms with Gasteiger partial charge < -0.3 is 0 Å². The normalized spacial score (nSPS) is 10.9. The summed E-state index contributed by atoms with van der Waals surface area (Å²) >= 11 is 0. The molecule has 0 N–H and O–H groups in total. The van der Waals surface area contributed by atoms with Gasteiger partial charge in [0.25, 0.3) is 0 Å². The molecule has 3 heterocycles. The molecule has 3 aromatic heterocycles. The van der Waals surface area contributed by atoms with Gasteiger partial charge in [-0.3, -0.25) is 0 Å². The van der Waals surface area contributed by atoms with Crippen molar-refractivity contribution < 1.29 is 0 Å². The van der Waals surface area contributed by atoms with E-state index in [1.54, 1.807) is 19.0 Å². The van der Waals surface area contributed by atoms with Crippen molar-refractivity contribution in [3.63, 3.8) is 0 Å². The van der Waals surface area contributed by atoms with Gasteiger partial charge in [0.15, 0.2) is 0 Å². The summed E-state index contributed by atoms with van der Waals surface area (Å²) in [6.07, 6.45) is 15.7. The molecule has 0 aliphatic heterocycles. The highest BCUT2D eigenvalue weighted by atomic mass is 14.8. The SMILES string of the molecule is c1cc(-c2cncnc2)cc(-c2cc(-c3cccc(-c4cncnc4)c3)cc(-c3cccc(-c4cncnc4)c3)c2)c1. The zero-order chi connectivity index (χ0) is 28.1. The van der Waals surface area contributed by atoms with Gasteiger partial charge >= 0.3 is 0 Å². The molecule has 4 aromatic carbocycles. The summed E-state index contributed by atoms with van der Waals surface area (Å²) < 4.78 is 0. The van der Waals surface area contributed by atoms with E-state index < -0.39 is 0 Å². The lowest BCUT2D eigenvalue weighted by molar-refractivity contribution is 1.17. The predicted molar refractivity (Wildman–Crippen MR) is 166 cm³/mol. The number of aromatic nitrogens is 6. The lowest BCUT2D eigenvalue weighted by Gasteiger charge is -2.14. The molecule has 0 unspecified atom stereocenters. The second kappa shape index (κ2) is 11.3. The van der Waals surface area contributed by atoms with Crippen molar-refractivity contribution >= 4 is 0 Å². The van der Waals surface area contributed by atoms with Crippen molar-refractivity contribution in [2.75, 3.05) is 0 Å². The summed E-state index contributed by atoms with van der Waals surface area (Å²) in [5.41, 5.74) is 12.8. The van der Waals surface area contributed by atoms with Gasteiger partial charge in [-0.15, -0.1) is 0 Å². The van der Waals surface area contributed by atoms with Crippen LogP contribution in [0.15, 0.2) is 147 Å². The Kier molecular flexibility index (Phi) is 6.76. The minimum Gasteiger partial charge on any atom is -0.244 e. The van der Waals surface area contributed by atoms with Crippen molar-refractivity contribution in [3.8, 4) is 66.8 Å². The Labute approximate surface area is 243 Å². The molecular weight excluding hydrogens is 516 g/mol. The third-order valence-electron chi connectivity index (χ3n) is 7.20. The number of hydrogen-bond acceptors (Lipinski definition) is 6. The van der Waals surface area contributed by atoms with E-state index in [9.17, 15) is 0 Å². The van der Waals surface area contributed by atoms with Crippen LogP contribution < -0.4 is 0 Å². The van der Waals surface area contributed by atoms with Gasteiger partial charge in [-0.2, -0.15) is 0 Å². The molecule has 0 saturated heterocycles. The van der Waals surface area contributed by atoms with E-state index in [0.29, 0.717) is 0 Å². The zero-order valence-electron chi connectivity index (χ0n) is 22.5. The highest BCUT2D eigenvalue weighted by molar-refractivity contribution is 5.85. The molecule has 0 amide bonds. The van der Waals surface area contributed by atoms with Gasteiger partial charge in [0.1, 0.15) is 19.0 Å². The molecule has 198 valence electrons. The van der Waals surface area contributed by atoms with Crippen molar-refractivity contribution in [2.45, 2.75) is 0 Å². The number of rotatable bonds is 6. The number of hydrogen-bond donors (Lipinski definition) is 0. The fourth-order valence-electron chi connectivity index (χ4n) is 5.11. The molecule has 0 atom stereocenters. The molecule has 0 bridgehead atoms. The minimum absolute atomic E-state index is 0.978. The third-order valence-corrected chi connectivity index (χ3v) is 7.20. The first-order chi connectivity index (χ1) is 20.8. The molecule has 0 spiro atoms. The van der Waals surface area contributed by atoms with Crippen LogP contribution in [0.25, 0.3) is 66.8 Å². The van der Waals surface area contributed by atoms with Gasteiger partial charge in [0.2, 0.25) is 0 Å². The highest BCUT2D eigenvalue weighted by Gasteiger charge is 2.11. The molecule has 0 saturated carbocycles. The smallest absolute Gasteiger partial charge is 0.115 e. The van der Waals surface area contributed by atoms with Gasteiger partial charge in [-0.25, -0.2) is 29.9 Å². The first kappa shape index (κ1) is 25.1. The Morgan fingerprint density at radius 3 is 0.714 bits per heavy atom. The molecule has 0 fully saturated rings. The minimum atomic E-state index is 0.978. The Bertz CT molecular complexity index is 1730. The van der Waals surface area contributed by atoms with Crippen molar-refractivity contribution in [1.29, 1.82) is 0 Å². The average Bonchev–Trinajstić information content (AvgIpc) is 3.09. The third kappa shape index (κ3) is 5.29. The standard InChI is InChI=1S/C36H24N6/c1-4-25(10-28(7-1)34-16-37-22-38-17-34)31-13-32(26-5-2-8-29(11-26)35-18-39-23-40-19-35)15-33(14-31)27-6-3-9-30(12-27)36-20-41-24-42-21-36/h1-24H. The van der Waals surface area contributed by atoms with Gasteiger partial charge in [-0.1, -0.05) is 54.6 Å². The lowest BCUT2D eigenvalue weighted by atomic mass is 9.91. The monoisotopic (exact) mass is 540 g/mol. The molecule has 6 nitrogen and oxygen atoms in total. The molecule has 42 heavy (non-hydrogen) atoms. The largest absolute Gasteiger partial charge is 0.244 e. The van der Waals surface area contributed by atoms with Crippen LogP contribution >= 0.6 is 0 Å². The predicted octanol–water partition coefficient (Wildman–Crippen LogP) is 8.06. The van der Waals surface area contributed by atoms with Crippen LogP contribution in [-0.4, -0.2) is 29.9 Å². The van der Waals surface area contributed by atoms with Crippen molar-refractivity contribution in [3.05, 3.63) is 147 Å². The van der Waals surface area contributed by atoms with E-state index in [0.717, 1.165) is 66.8 Å². The van der Waals surface area contributed by atoms with Gasteiger partial charge in [0, 0.05) is 53.9 Å². The van der Waals surface area contributed by atoms with Crippen LogP contribution in [-0.2, 0) is 0 Å². The van der Waals surface area contributed by atoms with Crippen LogP contribution in [0.3, 0.4) is 0 Å². The van der Waals surface area contributed by atoms with E-state index in [-0.39, 0.29) is 0 Å². The van der Waals surface area contributed by atoms with E-state index in [1.807, 2.05) is 37.2 Å². The summed E-state index contributed by atoms with van der Waals surface area (Å²) in [7, 11) is 0. The molecular formula is C36H24N6. The maximum atomic E-state index is 4.21. The Morgan fingerprint density at radius 1 is 0.238 bits per heavy atom. The maximum Gasteiger partial charge on any atom is 0.115 e. The van der Waals surface area contributed by atoms with Crippen molar-refractivity contribution in [2.24, 2.45) is 0 Å². The Morgan fingerprint density at radius 2 is 0.452 bits per heavy atom. The first-order valence-electron chi connectivity index (χ1n) is 13.5. The van der Waals surface area contributed by atoms with E-state index in [4.69, 9.17) is 0 Å². The van der Waals surface area contributed by atoms with Crippen molar-refractivity contribution in [1.82, 2.24) is 29.9 Å². The van der Waals surface area contributed by atoms with E-state index in [2.05, 4.69) is 121 Å². The summed E-state index contributed by atoms with van der Waals surface area (Å²) in [5, 5.41) is 0. The van der Waals surface area contributed by atoms with Gasteiger partial charge in [0.05, 0.1) is 0 Å². The summed E-state index contributed by atoms with van der Waals surface area (Å²) in [6.45, 7) is 0. The fraction of sp³-hybridized carbons (Fsp3) is 0. The zero-order valence-corrected chi connectivity index (χ0v) is 22.5. The molecule has 0 aliphatic carbocycles. The van der Waals surface area contributed by atoms with Crippen LogP contribution in [0, 0.1) is 0 Å². The maximum absolute atomic E-state index is 4.21. The average molecular weight is 541 g/mol. The first-order valence-corrected chi connectivity index (χ1v) is 13.5. The van der Waals surface area contributed by atoms with Crippen LogP contribution in [0.5, 0.6) is 0 Å². The topological polar surface area (TPSA) is 77.3 Å². The van der Waals surface area contributed by atoms with E-state index in [1.165, 1.54) is 0 Å². The summed E-state index contributed by atoms with van der Waals surface area (Å²) in [4.78, 5) is 25.3. The van der Waals surface area contributed by atoms with Crippen LogP contribution in [0.2, 0.25) is 0 Å². The van der Waals surface area contributed by atoms with Gasteiger partial charge in [-0.05, 0) is 86.5 Å². The summed E-state index contributed by atoms with van der Waals surface area (Å²) in [5.74, 6) is 0. The fourth-order valence-corrected chi connectivity index (χ4v) is 5.11. The molecule has 6 heteroatoms. The van der Waals surface area contributed by atoms with Crippen LogP contribution in [0.1, 0.15) is 0 Å². The second-order valence-electron chi connectivity index (χ2n) is 9.92. The Hall–Kier alpha value is -5.88. The summed E-state index contributed by atoms with van der Waals surface area (Å²) in [6, 6.07) is 32.3. The highest BCUT2D eigenvalue weighted by Crippen LogP contribution is 2.36. The lowest BCUT2D eigenvalue weighted by Crippen LogP contribution is -1.89. The van der Waals surface area contributed by atoms with Crippen LogP contribution in [0.4, 0.5) is 0 Å². The number of benzene rings is 4.